The lowest BCUT2D eigenvalue weighted by Gasteiger charge is -2.30. The molecule has 0 radical (unpaired) electrons. The zero-order valence-electron chi connectivity index (χ0n) is 11.5. The summed E-state index contributed by atoms with van der Waals surface area (Å²) in [6, 6.07) is 8.59. The van der Waals surface area contributed by atoms with Crippen molar-refractivity contribution in [2.24, 2.45) is 0 Å². The molecule has 1 atom stereocenters. The van der Waals surface area contributed by atoms with E-state index in [0.717, 1.165) is 5.69 Å². The highest BCUT2D eigenvalue weighted by atomic mass is 16.3. The summed E-state index contributed by atoms with van der Waals surface area (Å²) in [5.74, 6) is 0. The molecule has 0 aliphatic heterocycles. The Morgan fingerprint density at radius 2 is 1.94 bits per heavy atom. The van der Waals surface area contributed by atoms with Crippen LogP contribution in [-0.2, 0) is 0 Å². The maximum absolute atomic E-state index is 9.88. The van der Waals surface area contributed by atoms with Gasteiger partial charge < -0.3 is 15.3 Å². The van der Waals surface area contributed by atoms with Gasteiger partial charge in [0.25, 0.3) is 0 Å². The number of rotatable bonds is 5. The van der Waals surface area contributed by atoms with E-state index in [9.17, 15) is 5.11 Å². The van der Waals surface area contributed by atoms with Crippen LogP contribution in [0.15, 0.2) is 24.3 Å². The molecule has 0 fully saturated rings. The maximum atomic E-state index is 9.88. The van der Waals surface area contributed by atoms with Crippen LogP contribution < -0.4 is 10.2 Å². The van der Waals surface area contributed by atoms with Crippen LogP contribution in [0.25, 0.3) is 0 Å². The van der Waals surface area contributed by atoms with Gasteiger partial charge in [0, 0.05) is 25.3 Å². The molecule has 0 aliphatic rings. The number of hydrogen-bond donors (Lipinski definition) is 2. The number of likely N-dealkylation sites (N-methyl/N-ethyl adjacent to an activating group) is 1. The molecule has 0 heterocycles. The van der Waals surface area contributed by atoms with Gasteiger partial charge in [0.15, 0.2) is 0 Å². The van der Waals surface area contributed by atoms with E-state index in [1.54, 1.807) is 0 Å². The van der Waals surface area contributed by atoms with Gasteiger partial charge in [-0.05, 0) is 39.4 Å². The number of aliphatic hydroxyl groups is 1. The predicted molar refractivity (Wildman–Crippen MR) is 73.5 cm³/mol. The molecule has 0 bridgehead atoms. The van der Waals surface area contributed by atoms with Crippen molar-refractivity contribution in [2.75, 3.05) is 25.5 Å². The van der Waals surface area contributed by atoms with Crippen molar-refractivity contribution >= 4 is 5.69 Å². The van der Waals surface area contributed by atoms with E-state index >= 15 is 0 Å². The highest BCUT2D eigenvalue weighted by Gasteiger charge is 2.18. The Labute approximate surface area is 104 Å². The van der Waals surface area contributed by atoms with Crippen LogP contribution in [0.2, 0.25) is 0 Å². The van der Waals surface area contributed by atoms with Crippen molar-refractivity contribution in [3.8, 4) is 0 Å². The van der Waals surface area contributed by atoms with Gasteiger partial charge in [-0.15, -0.1) is 0 Å². The molecule has 0 spiro atoms. The third-order valence-electron chi connectivity index (χ3n) is 2.87. The molecule has 1 aromatic carbocycles. The lowest BCUT2D eigenvalue weighted by Crippen LogP contribution is -2.37. The van der Waals surface area contributed by atoms with Crippen LogP contribution in [-0.4, -0.2) is 31.3 Å². The van der Waals surface area contributed by atoms with Crippen molar-refractivity contribution in [3.05, 3.63) is 29.8 Å². The van der Waals surface area contributed by atoms with Gasteiger partial charge in [-0.25, -0.2) is 0 Å². The standard InChI is InChI=1S/C14H24N2O/c1-11(15-4)12-8-6-7-9-13(12)16(5)10-14(2,3)17/h6-9,11,15,17H,10H2,1-5H3. The molecule has 1 aromatic rings. The van der Waals surface area contributed by atoms with Crippen molar-refractivity contribution in [1.82, 2.24) is 5.32 Å². The molecular formula is C14H24N2O. The molecule has 1 unspecified atom stereocenters. The largest absolute Gasteiger partial charge is 0.389 e. The molecule has 96 valence electrons. The van der Waals surface area contributed by atoms with Crippen LogP contribution in [0, 0.1) is 0 Å². The van der Waals surface area contributed by atoms with Crippen molar-refractivity contribution in [3.63, 3.8) is 0 Å². The highest BCUT2D eigenvalue weighted by molar-refractivity contribution is 5.54. The van der Waals surface area contributed by atoms with Gasteiger partial charge in [-0.3, -0.25) is 0 Å². The zero-order valence-corrected chi connectivity index (χ0v) is 11.5. The first kappa shape index (κ1) is 14.0. The number of nitrogens with one attached hydrogen (secondary N) is 1. The third kappa shape index (κ3) is 4.02. The topological polar surface area (TPSA) is 35.5 Å². The SMILES string of the molecule is CNC(C)c1ccccc1N(C)CC(C)(C)O. The molecule has 3 nitrogen and oxygen atoms in total. The second-order valence-corrected chi connectivity index (χ2v) is 5.24. The molecular weight excluding hydrogens is 212 g/mol. The lowest BCUT2D eigenvalue weighted by molar-refractivity contribution is 0.0886. The van der Waals surface area contributed by atoms with Crippen molar-refractivity contribution in [1.29, 1.82) is 0 Å². The number of nitrogens with zero attached hydrogens (tertiary/aromatic N) is 1. The minimum Gasteiger partial charge on any atom is -0.389 e. The molecule has 1 rings (SSSR count). The summed E-state index contributed by atoms with van der Waals surface area (Å²) in [4.78, 5) is 2.10. The van der Waals surface area contributed by atoms with Gasteiger partial charge in [0.05, 0.1) is 5.60 Å². The number of hydrogen-bond acceptors (Lipinski definition) is 3. The van der Waals surface area contributed by atoms with Crippen LogP contribution in [0.1, 0.15) is 32.4 Å². The minimum absolute atomic E-state index is 0.301. The van der Waals surface area contributed by atoms with Gasteiger partial charge in [-0.1, -0.05) is 18.2 Å². The van der Waals surface area contributed by atoms with Gasteiger partial charge in [0.1, 0.15) is 0 Å². The Balaban J connectivity index is 2.97. The van der Waals surface area contributed by atoms with Gasteiger partial charge >= 0.3 is 0 Å². The van der Waals surface area contributed by atoms with Crippen LogP contribution >= 0.6 is 0 Å². The first-order valence-electron chi connectivity index (χ1n) is 6.05. The summed E-state index contributed by atoms with van der Waals surface area (Å²) in [6.45, 7) is 6.40. The van der Waals surface area contributed by atoms with E-state index in [4.69, 9.17) is 0 Å². The van der Waals surface area contributed by atoms with E-state index in [-0.39, 0.29) is 0 Å². The Bertz CT molecular complexity index is 357. The first-order chi connectivity index (χ1) is 7.85. The van der Waals surface area contributed by atoms with Crippen LogP contribution in [0.4, 0.5) is 5.69 Å². The predicted octanol–water partition coefficient (Wildman–Crippen LogP) is 2.17. The summed E-state index contributed by atoms with van der Waals surface area (Å²) in [5, 5.41) is 13.1. The fraction of sp³-hybridized carbons (Fsp3) is 0.571. The van der Waals surface area contributed by atoms with Crippen LogP contribution in [0.5, 0.6) is 0 Å². The summed E-state index contributed by atoms with van der Waals surface area (Å²) >= 11 is 0. The molecule has 2 N–H and O–H groups in total. The quantitative estimate of drug-likeness (QED) is 0.822. The molecule has 0 aliphatic carbocycles. The summed E-state index contributed by atoms with van der Waals surface area (Å²) in [7, 11) is 3.97. The number of para-hydroxylation sites is 1. The summed E-state index contributed by atoms with van der Waals surface area (Å²) in [5.41, 5.74) is 1.73. The van der Waals surface area contributed by atoms with Crippen LogP contribution in [0.3, 0.4) is 0 Å². The van der Waals surface area contributed by atoms with Gasteiger partial charge in [-0.2, -0.15) is 0 Å². The molecule has 0 saturated heterocycles. The summed E-state index contributed by atoms with van der Waals surface area (Å²) in [6.07, 6.45) is 0. The van der Waals surface area contributed by atoms with E-state index in [0.29, 0.717) is 12.6 Å². The molecule has 17 heavy (non-hydrogen) atoms. The van der Waals surface area contributed by atoms with Gasteiger partial charge in [0.2, 0.25) is 0 Å². The number of anilines is 1. The Hall–Kier alpha value is -1.06. The molecule has 0 amide bonds. The molecule has 0 aromatic heterocycles. The second kappa shape index (κ2) is 5.52. The minimum atomic E-state index is -0.690. The van der Waals surface area contributed by atoms with E-state index < -0.39 is 5.60 Å². The normalized spacial score (nSPS) is 13.5. The Morgan fingerprint density at radius 1 is 1.35 bits per heavy atom. The first-order valence-corrected chi connectivity index (χ1v) is 6.05. The molecule has 0 saturated carbocycles. The van der Waals surface area contributed by atoms with E-state index in [1.807, 2.05) is 40.1 Å². The third-order valence-corrected chi connectivity index (χ3v) is 2.87. The monoisotopic (exact) mass is 236 g/mol. The van der Waals surface area contributed by atoms with E-state index in [1.165, 1.54) is 5.56 Å². The Morgan fingerprint density at radius 3 is 2.47 bits per heavy atom. The second-order valence-electron chi connectivity index (χ2n) is 5.24. The average molecular weight is 236 g/mol. The average Bonchev–Trinajstić information content (AvgIpc) is 2.25. The Kier molecular flexibility index (Phi) is 4.54. The van der Waals surface area contributed by atoms with E-state index in [2.05, 4.69) is 29.3 Å². The smallest absolute Gasteiger partial charge is 0.0765 e. The maximum Gasteiger partial charge on any atom is 0.0765 e. The molecule has 3 heteroatoms. The fourth-order valence-electron chi connectivity index (χ4n) is 2.02. The fourth-order valence-corrected chi connectivity index (χ4v) is 2.02. The number of benzene rings is 1. The summed E-state index contributed by atoms with van der Waals surface area (Å²) < 4.78 is 0. The van der Waals surface area contributed by atoms with Crippen molar-refractivity contribution in [2.45, 2.75) is 32.4 Å². The highest BCUT2D eigenvalue weighted by Crippen LogP contribution is 2.26. The van der Waals surface area contributed by atoms with Crippen molar-refractivity contribution < 1.29 is 5.11 Å². The zero-order chi connectivity index (χ0) is 13.1. The lowest BCUT2D eigenvalue weighted by atomic mass is 10.0.